The van der Waals surface area contributed by atoms with Crippen molar-refractivity contribution in [2.75, 3.05) is 30.5 Å². The molecule has 3 aliphatic rings. The van der Waals surface area contributed by atoms with Gasteiger partial charge in [0.1, 0.15) is 18.3 Å². The fraction of sp³-hybridized carbons (Fsp3) is 0.500. The van der Waals surface area contributed by atoms with E-state index in [9.17, 15) is 24.2 Å². The van der Waals surface area contributed by atoms with E-state index in [0.717, 1.165) is 25.9 Å². The number of nitrogens with zero attached hydrogens (tertiary/aromatic N) is 5. The molecule has 0 amide bonds. The van der Waals surface area contributed by atoms with Crippen molar-refractivity contribution in [2.24, 2.45) is 0 Å². The minimum absolute atomic E-state index is 0.0386. The van der Waals surface area contributed by atoms with Crippen molar-refractivity contribution in [2.45, 2.75) is 42.8 Å². The standard InChI is InChI=1S/C22H26ClN5O9P2/c23-21-25-18(27-8-22(9-27)6-5-12-3-1-2-4-13(12)22)15-19(26-21)28(10-24-15)20-17(30)16(29)14(37-20)7-36-39(34,35)11-38(31,32)33/h1-4,10,14,16-17,20,29-30H,5-9,11H2,(H,34,35)(H2,31,32,33)/t14-,16?,17+,20-/m1/s1. The summed E-state index contributed by atoms with van der Waals surface area (Å²) < 4.78 is 34.9. The Bertz CT molecular complexity index is 1530. The molecule has 0 bridgehead atoms. The van der Waals surface area contributed by atoms with E-state index in [1.54, 1.807) is 0 Å². The molecule has 2 saturated heterocycles. The highest BCUT2D eigenvalue weighted by Gasteiger charge is 2.50. The van der Waals surface area contributed by atoms with E-state index in [0.29, 0.717) is 11.3 Å². The fourth-order valence-electron chi connectivity index (χ4n) is 5.77. The summed E-state index contributed by atoms with van der Waals surface area (Å²) in [4.78, 5) is 42.8. The summed E-state index contributed by atoms with van der Waals surface area (Å²) >= 11 is 6.28. The molecule has 3 aromatic rings. The quantitative estimate of drug-likeness (QED) is 0.191. The van der Waals surface area contributed by atoms with Gasteiger partial charge in [-0.05, 0) is 35.6 Å². The second-order valence-electron chi connectivity index (χ2n) is 10.2. The van der Waals surface area contributed by atoms with Crippen LogP contribution in [-0.4, -0.2) is 88.3 Å². The van der Waals surface area contributed by atoms with Crippen LogP contribution in [-0.2, 0) is 30.2 Å². The molecular weight excluding hydrogens is 576 g/mol. The summed E-state index contributed by atoms with van der Waals surface area (Å²) in [6.45, 7) is 0.763. The lowest BCUT2D eigenvalue weighted by atomic mass is 9.75. The molecule has 4 heterocycles. The lowest BCUT2D eigenvalue weighted by Crippen LogP contribution is -2.58. The molecule has 6 rings (SSSR count). The molecule has 39 heavy (non-hydrogen) atoms. The number of fused-ring (bicyclic) bond motifs is 3. The smallest absolute Gasteiger partial charge is 0.340 e. The Morgan fingerprint density at radius 3 is 2.62 bits per heavy atom. The van der Waals surface area contributed by atoms with Gasteiger partial charge in [-0.15, -0.1) is 0 Å². The summed E-state index contributed by atoms with van der Waals surface area (Å²) in [7, 11) is -9.51. The van der Waals surface area contributed by atoms with Crippen LogP contribution in [0.25, 0.3) is 11.2 Å². The first-order valence-corrected chi connectivity index (χ1v) is 16.1. The summed E-state index contributed by atoms with van der Waals surface area (Å²) in [6.07, 6.45) is -2.11. The van der Waals surface area contributed by atoms with Crippen molar-refractivity contribution in [3.05, 3.63) is 47.0 Å². The minimum atomic E-state index is -4.83. The maximum atomic E-state index is 12.0. The molecule has 14 nitrogen and oxygen atoms in total. The van der Waals surface area contributed by atoms with Gasteiger partial charge in [0.25, 0.3) is 0 Å². The number of aliphatic hydroxyl groups excluding tert-OH is 2. The second kappa shape index (κ2) is 9.56. The molecule has 0 saturated carbocycles. The lowest BCUT2D eigenvalue weighted by Gasteiger charge is -2.49. The average Bonchev–Trinajstić information content (AvgIpc) is 3.50. The number of halogens is 1. The Hall–Kier alpha value is -1.96. The molecule has 0 radical (unpaired) electrons. The Morgan fingerprint density at radius 1 is 1.13 bits per heavy atom. The number of imidazole rings is 1. The molecule has 5 atom stereocenters. The second-order valence-corrected chi connectivity index (χ2v) is 14.6. The number of benzene rings is 1. The monoisotopic (exact) mass is 601 g/mol. The zero-order chi connectivity index (χ0) is 27.7. The van der Waals surface area contributed by atoms with E-state index in [4.69, 9.17) is 30.6 Å². The molecule has 1 spiro atoms. The van der Waals surface area contributed by atoms with Crippen LogP contribution in [0.1, 0.15) is 23.8 Å². The van der Waals surface area contributed by atoms with Gasteiger partial charge in [-0.25, -0.2) is 4.98 Å². The summed E-state index contributed by atoms with van der Waals surface area (Å²) in [5, 5.41) is 21.1. The summed E-state index contributed by atoms with van der Waals surface area (Å²) in [5.74, 6) is -0.854. The molecular formula is C22H26ClN5O9P2. The first-order chi connectivity index (χ1) is 18.4. The maximum Gasteiger partial charge on any atom is 0.340 e. The lowest BCUT2D eigenvalue weighted by molar-refractivity contribution is -0.0483. The molecule has 1 aromatic carbocycles. The van der Waals surface area contributed by atoms with E-state index in [-0.39, 0.29) is 16.3 Å². The maximum absolute atomic E-state index is 12.0. The molecule has 2 unspecified atom stereocenters. The zero-order valence-corrected chi connectivity index (χ0v) is 22.9. The molecule has 210 valence electrons. The number of hydrogen-bond donors (Lipinski definition) is 5. The number of hydrogen-bond acceptors (Lipinski definition) is 10. The Kier molecular flexibility index (Phi) is 6.67. The number of aliphatic hydroxyl groups is 2. The van der Waals surface area contributed by atoms with Crippen LogP contribution >= 0.6 is 26.8 Å². The van der Waals surface area contributed by atoms with Gasteiger partial charge in [-0.2, -0.15) is 9.97 Å². The van der Waals surface area contributed by atoms with Crippen LogP contribution < -0.4 is 4.90 Å². The predicted molar refractivity (Wildman–Crippen MR) is 138 cm³/mol. The van der Waals surface area contributed by atoms with Crippen LogP contribution in [0.4, 0.5) is 5.82 Å². The normalized spacial score (nSPS) is 27.6. The van der Waals surface area contributed by atoms with Crippen molar-refractivity contribution < 1.29 is 43.3 Å². The SMILES string of the molecule is O=P(O)(O)CP(=O)(O)OC[C@H]1O[C@@H](n2cnc3c(N4CC5(CCc6ccccc65)C4)nc(Cl)nc32)[C@@H](O)C1O. The third-order valence-electron chi connectivity index (χ3n) is 7.54. The van der Waals surface area contributed by atoms with Gasteiger partial charge in [0.15, 0.2) is 29.1 Å². The topological polar surface area (TPSA) is 201 Å². The minimum Gasteiger partial charge on any atom is -0.387 e. The van der Waals surface area contributed by atoms with E-state index >= 15 is 0 Å². The Labute approximate surface area is 226 Å². The first-order valence-electron chi connectivity index (χ1n) is 12.1. The van der Waals surface area contributed by atoms with Gasteiger partial charge in [-0.1, -0.05) is 24.3 Å². The van der Waals surface area contributed by atoms with E-state index in [2.05, 4.69) is 32.0 Å². The number of aromatic nitrogens is 4. The highest BCUT2D eigenvalue weighted by Crippen LogP contribution is 2.55. The Morgan fingerprint density at radius 2 is 1.87 bits per heavy atom. The van der Waals surface area contributed by atoms with E-state index < -0.39 is 52.2 Å². The summed E-state index contributed by atoms with van der Waals surface area (Å²) in [6, 6.07) is 8.42. The van der Waals surface area contributed by atoms with E-state index in [1.807, 2.05) is 12.1 Å². The number of anilines is 1. The van der Waals surface area contributed by atoms with Gasteiger partial charge >= 0.3 is 15.2 Å². The third-order valence-corrected chi connectivity index (χ3v) is 11.2. The average molecular weight is 602 g/mol. The van der Waals surface area contributed by atoms with Gasteiger partial charge in [-0.3, -0.25) is 13.7 Å². The number of rotatable bonds is 7. The predicted octanol–water partition coefficient (Wildman–Crippen LogP) is 1.14. The molecule has 17 heteroatoms. The number of aryl methyl sites for hydroxylation is 1. The van der Waals surface area contributed by atoms with Crippen molar-refractivity contribution in [3.63, 3.8) is 0 Å². The zero-order valence-electron chi connectivity index (χ0n) is 20.3. The largest absolute Gasteiger partial charge is 0.387 e. The third kappa shape index (κ3) is 4.93. The van der Waals surface area contributed by atoms with Crippen molar-refractivity contribution in [1.82, 2.24) is 19.5 Å². The van der Waals surface area contributed by atoms with Crippen LogP contribution in [0.5, 0.6) is 0 Å². The molecule has 2 aromatic heterocycles. The van der Waals surface area contributed by atoms with Crippen LogP contribution in [0.3, 0.4) is 0 Å². The van der Waals surface area contributed by atoms with Gasteiger partial charge < -0.3 is 39.1 Å². The van der Waals surface area contributed by atoms with Crippen LogP contribution in [0.15, 0.2) is 30.6 Å². The van der Waals surface area contributed by atoms with E-state index in [1.165, 1.54) is 22.0 Å². The van der Waals surface area contributed by atoms with Crippen molar-refractivity contribution in [1.29, 1.82) is 0 Å². The highest BCUT2D eigenvalue weighted by molar-refractivity contribution is 7.70. The van der Waals surface area contributed by atoms with Crippen molar-refractivity contribution >= 4 is 43.8 Å². The molecule has 1 aliphatic carbocycles. The molecule has 2 fully saturated rings. The van der Waals surface area contributed by atoms with Crippen molar-refractivity contribution in [3.8, 4) is 0 Å². The Balaban J connectivity index is 1.22. The van der Waals surface area contributed by atoms with Gasteiger partial charge in [0, 0.05) is 18.5 Å². The summed E-state index contributed by atoms with van der Waals surface area (Å²) in [5.41, 5.74) is 3.42. The molecule has 2 aliphatic heterocycles. The van der Waals surface area contributed by atoms with Crippen LogP contribution in [0, 0.1) is 0 Å². The van der Waals surface area contributed by atoms with Gasteiger partial charge in [0.2, 0.25) is 5.28 Å². The number of ether oxygens (including phenoxy) is 1. The fourth-order valence-corrected chi connectivity index (χ4v) is 8.50. The van der Waals surface area contributed by atoms with Crippen LogP contribution in [0.2, 0.25) is 5.28 Å². The van der Waals surface area contributed by atoms with Gasteiger partial charge in [0.05, 0.1) is 12.9 Å². The molecule has 5 N–H and O–H groups in total. The first kappa shape index (κ1) is 27.2. The highest BCUT2D eigenvalue weighted by atomic mass is 35.5.